The highest BCUT2D eigenvalue weighted by molar-refractivity contribution is 6.00. The first-order valence-electron chi connectivity index (χ1n) is 17.1. The highest BCUT2D eigenvalue weighted by atomic mass is 16.5. The van der Waals surface area contributed by atoms with Crippen molar-refractivity contribution < 1.29 is 14.3 Å². The number of benzene rings is 1. The minimum atomic E-state index is 0.119. The van der Waals surface area contributed by atoms with Crippen molar-refractivity contribution in [2.75, 3.05) is 38.8 Å². The lowest BCUT2D eigenvalue weighted by molar-refractivity contribution is -0.0204. The summed E-state index contributed by atoms with van der Waals surface area (Å²) in [5.74, 6) is 5.70. The number of nitrogens with zero attached hydrogens (tertiary/aromatic N) is 7. The summed E-state index contributed by atoms with van der Waals surface area (Å²) in [6.45, 7) is 4.43. The number of amides is 1. The van der Waals surface area contributed by atoms with E-state index in [-0.39, 0.29) is 5.91 Å². The lowest BCUT2D eigenvalue weighted by Gasteiger charge is -2.52. The largest absolute Gasteiger partial charge is 0.494 e. The third-order valence-corrected chi connectivity index (χ3v) is 11.8. The van der Waals surface area contributed by atoms with Crippen LogP contribution in [0.25, 0.3) is 33.6 Å². The number of fused-ring (bicyclic) bond motifs is 2. The molecule has 1 aromatic carbocycles. The fourth-order valence-electron chi connectivity index (χ4n) is 9.12. The fraction of sp³-hybridized carbons (Fsp3) is 0.459. The van der Waals surface area contributed by atoms with Gasteiger partial charge < -0.3 is 28.4 Å². The van der Waals surface area contributed by atoms with Crippen LogP contribution in [-0.2, 0) is 13.1 Å². The minimum absolute atomic E-state index is 0.119. The molecule has 0 spiro atoms. The van der Waals surface area contributed by atoms with Crippen molar-refractivity contribution in [3.8, 4) is 23.1 Å². The number of pyridine rings is 2. The molecular weight excluding hydrogens is 590 g/mol. The Labute approximate surface area is 273 Å². The van der Waals surface area contributed by atoms with Crippen LogP contribution in [0.2, 0.25) is 0 Å². The second-order valence-electron chi connectivity index (χ2n) is 14.5. The van der Waals surface area contributed by atoms with E-state index in [9.17, 15) is 4.79 Å². The average molecular weight is 630 g/mol. The molecule has 3 unspecified atom stereocenters. The summed E-state index contributed by atoms with van der Waals surface area (Å²) >= 11 is 0. The molecular formula is C37H39N7O3. The number of ether oxygens (including phenoxy) is 2. The van der Waals surface area contributed by atoms with Crippen molar-refractivity contribution in [2.24, 2.45) is 29.6 Å². The zero-order chi connectivity index (χ0) is 31.4. The van der Waals surface area contributed by atoms with Crippen LogP contribution in [-0.4, -0.2) is 74.8 Å². The monoisotopic (exact) mass is 629 g/mol. The third kappa shape index (κ3) is 4.22. The summed E-state index contributed by atoms with van der Waals surface area (Å²) in [5.41, 5.74) is 5.63. The van der Waals surface area contributed by atoms with E-state index in [1.54, 1.807) is 20.4 Å². The standard InChI is InChI=1S/C37H39N7O3/c1-46-31-14-25(37(45)43-20-26-10-24-13-29(43)33(24)26)11-28-34(31)44(19-22-16-41(17-22)27-7-9-38-32(15-27)47-2)36(40-28)30-12-23-4-3-8-39-35(23)42(30)18-21-5-6-21/h3-4,7-9,11-12,14-15,21-22,24,26,29,33H,5-6,10,13,16-20H2,1-2H3/t24?,26?,29?,33-/m1/s1. The Hall–Kier alpha value is -4.60. The first-order valence-corrected chi connectivity index (χ1v) is 17.1. The number of rotatable bonds is 9. The van der Waals surface area contributed by atoms with Crippen LogP contribution in [0.1, 0.15) is 36.0 Å². The molecule has 3 aliphatic carbocycles. The molecule has 0 radical (unpaired) electrons. The van der Waals surface area contributed by atoms with Gasteiger partial charge in [0.1, 0.15) is 16.9 Å². The van der Waals surface area contributed by atoms with E-state index in [1.807, 2.05) is 36.5 Å². The molecule has 10 nitrogen and oxygen atoms in total. The van der Waals surface area contributed by atoms with E-state index in [2.05, 4.69) is 36.1 Å². The third-order valence-electron chi connectivity index (χ3n) is 11.8. The Morgan fingerprint density at radius 2 is 1.77 bits per heavy atom. The molecule has 2 aliphatic heterocycles. The lowest BCUT2D eigenvalue weighted by atomic mass is 9.53. The number of carbonyl (C=O) groups excluding carboxylic acids is 1. The van der Waals surface area contributed by atoms with Crippen molar-refractivity contribution in [3.05, 3.63) is 60.4 Å². The summed E-state index contributed by atoms with van der Waals surface area (Å²) in [7, 11) is 3.36. The Kier molecular flexibility index (Phi) is 5.97. The van der Waals surface area contributed by atoms with Crippen LogP contribution in [0.3, 0.4) is 0 Å². The van der Waals surface area contributed by atoms with Gasteiger partial charge in [-0.2, -0.15) is 0 Å². The van der Waals surface area contributed by atoms with Gasteiger partial charge in [-0.05, 0) is 85.8 Å². The van der Waals surface area contributed by atoms with Crippen LogP contribution in [0, 0.1) is 29.6 Å². The maximum atomic E-state index is 14.0. The summed E-state index contributed by atoms with van der Waals surface area (Å²) in [6.07, 6.45) is 8.63. The van der Waals surface area contributed by atoms with Crippen molar-refractivity contribution >= 4 is 33.7 Å². The van der Waals surface area contributed by atoms with Gasteiger partial charge in [0.25, 0.3) is 5.91 Å². The van der Waals surface area contributed by atoms with Crippen LogP contribution in [0.5, 0.6) is 11.6 Å². The highest BCUT2D eigenvalue weighted by Gasteiger charge is 2.61. The summed E-state index contributed by atoms with van der Waals surface area (Å²) in [6, 6.07) is 14.8. The number of anilines is 1. The second-order valence-corrected chi connectivity index (χ2v) is 14.5. The predicted molar refractivity (Wildman–Crippen MR) is 179 cm³/mol. The molecule has 5 aliphatic rings. The number of likely N-dealkylation sites (tertiary alicyclic amines) is 1. The maximum Gasteiger partial charge on any atom is 0.254 e. The van der Waals surface area contributed by atoms with Gasteiger partial charge in [-0.25, -0.2) is 15.0 Å². The number of carbonyl (C=O) groups is 1. The summed E-state index contributed by atoms with van der Waals surface area (Å²) in [5, 5.41) is 1.12. The molecule has 10 heteroatoms. The summed E-state index contributed by atoms with van der Waals surface area (Å²) < 4.78 is 16.2. The molecule has 6 heterocycles. The van der Waals surface area contributed by atoms with Crippen molar-refractivity contribution in [2.45, 2.75) is 44.8 Å². The van der Waals surface area contributed by atoms with E-state index >= 15 is 0 Å². The molecule has 1 amide bonds. The molecule has 2 saturated heterocycles. The Bertz CT molecular complexity index is 2060. The van der Waals surface area contributed by atoms with Gasteiger partial charge in [0.05, 0.1) is 25.4 Å². The first-order chi connectivity index (χ1) is 23.1. The number of hydrogen-bond donors (Lipinski definition) is 0. The van der Waals surface area contributed by atoms with Gasteiger partial charge in [0, 0.05) is 79.8 Å². The van der Waals surface area contributed by atoms with Crippen LogP contribution in [0.4, 0.5) is 5.69 Å². The van der Waals surface area contributed by atoms with Crippen molar-refractivity contribution in [3.63, 3.8) is 0 Å². The fourth-order valence-corrected chi connectivity index (χ4v) is 9.12. The topological polar surface area (TPSA) is 90.5 Å². The smallest absolute Gasteiger partial charge is 0.254 e. The van der Waals surface area contributed by atoms with Crippen LogP contribution >= 0.6 is 0 Å². The molecule has 0 bridgehead atoms. The second kappa shape index (κ2) is 10.2. The highest BCUT2D eigenvalue weighted by Crippen LogP contribution is 2.60. The Morgan fingerprint density at radius 1 is 0.894 bits per heavy atom. The van der Waals surface area contributed by atoms with Crippen molar-refractivity contribution in [1.29, 1.82) is 0 Å². The molecule has 5 fully saturated rings. The van der Waals surface area contributed by atoms with Crippen LogP contribution < -0.4 is 14.4 Å². The first kappa shape index (κ1) is 27.5. The molecule has 4 atom stereocenters. The van der Waals surface area contributed by atoms with Gasteiger partial charge in [-0.3, -0.25) is 4.79 Å². The maximum absolute atomic E-state index is 14.0. The number of aromatic nitrogens is 5. The number of hydrogen-bond acceptors (Lipinski definition) is 7. The number of imidazole rings is 1. The summed E-state index contributed by atoms with van der Waals surface area (Å²) in [4.78, 5) is 33.0. The Morgan fingerprint density at radius 3 is 2.55 bits per heavy atom. The van der Waals surface area contributed by atoms with Gasteiger partial charge in [-0.15, -0.1) is 0 Å². The van der Waals surface area contributed by atoms with E-state index in [0.29, 0.717) is 41.0 Å². The van der Waals surface area contributed by atoms with Crippen LogP contribution in [0.15, 0.2) is 54.9 Å². The molecule has 10 rings (SSSR count). The van der Waals surface area contributed by atoms with E-state index in [1.165, 1.54) is 19.3 Å². The van der Waals surface area contributed by atoms with Gasteiger partial charge in [-0.1, -0.05) is 0 Å². The van der Waals surface area contributed by atoms with Gasteiger partial charge >= 0.3 is 0 Å². The van der Waals surface area contributed by atoms with E-state index in [0.717, 1.165) is 90.3 Å². The Balaban J connectivity index is 1.06. The molecule has 47 heavy (non-hydrogen) atoms. The van der Waals surface area contributed by atoms with E-state index in [4.69, 9.17) is 19.4 Å². The van der Waals surface area contributed by atoms with Crippen molar-refractivity contribution in [1.82, 2.24) is 29.0 Å². The minimum Gasteiger partial charge on any atom is -0.494 e. The SMILES string of the molecule is COc1cc(N2CC(Cn3c(-c4cc5cccnc5n4CC4CC4)nc4cc(C(=O)N5CC6CC7CC5[C@H]76)cc(OC)c43)C2)ccn1. The number of methoxy groups -OCH3 is 2. The molecule has 4 aromatic heterocycles. The zero-order valence-corrected chi connectivity index (χ0v) is 26.9. The molecule has 0 N–H and O–H groups in total. The lowest BCUT2D eigenvalue weighted by Crippen LogP contribution is -2.53. The van der Waals surface area contributed by atoms with Gasteiger partial charge in [0.2, 0.25) is 5.88 Å². The molecule has 3 saturated carbocycles. The molecule has 5 aromatic rings. The quantitative estimate of drug-likeness (QED) is 0.213. The molecule has 240 valence electrons. The normalized spacial score (nSPS) is 24.6. The predicted octanol–water partition coefficient (Wildman–Crippen LogP) is 5.49. The average Bonchev–Trinajstić information content (AvgIpc) is 3.72. The van der Waals surface area contributed by atoms with E-state index < -0.39 is 0 Å². The van der Waals surface area contributed by atoms with Gasteiger partial charge in [0.15, 0.2) is 5.82 Å². The zero-order valence-electron chi connectivity index (χ0n) is 26.9.